The first-order valence-corrected chi connectivity index (χ1v) is 10.5. The molecular weight excluding hydrogens is 370 g/mol. The van der Waals surface area contributed by atoms with Gasteiger partial charge < -0.3 is 14.7 Å². The van der Waals surface area contributed by atoms with Crippen LogP contribution in [0, 0.1) is 0 Å². The Bertz CT molecular complexity index is 691. The number of hydrogen-bond acceptors (Lipinski definition) is 7. The first kappa shape index (κ1) is 19.8. The second-order valence-corrected chi connectivity index (χ2v) is 8.46. The lowest BCUT2D eigenvalue weighted by Crippen LogP contribution is -2.51. The molecule has 9 nitrogen and oxygen atoms in total. The summed E-state index contributed by atoms with van der Waals surface area (Å²) in [7, 11) is -3.67. The molecule has 1 aromatic rings. The van der Waals surface area contributed by atoms with Crippen LogP contribution in [0.2, 0.25) is 0 Å². The molecule has 1 fully saturated rings. The van der Waals surface area contributed by atoms with E-state index in [2.05, 4.69) is 4.98 Å². The fourth-order valence-electron chi connectivity index (χ4n) is 2.51. The van der Waals surface area contributed by atoms with Gasteiger partial charge in [0.1, 0.15) is 6.54 Å². The summed E-state index contributed by atoms with van der Waals surface area (Å²) in [4.78, 5) is 28.9. The fourth-order valence-corrected chi connectivity index (χ4v) is 3.88. The van der Waals surface area contributed by atoms with Crippen molar-refractivity contribution in [3.05, 3.63) is 16.6 Å². The van der Waals surface area contributed by atoms with Crippen LogP contribution < -0.4 is 0 Å². The van der Waals surface area contributed by atoms with Crippen molar-refractivity contribution < 1.29 is 27.9 Å². The molecular formula is C14H21N3O6S2. The normalized spacial score (nSPS) is 18.5. The SMILES string of the molecule is CS(=O)(=O)N(CC(=O)O)CC1CN(C(=O)CCc2cscn2)CCO1. The summed E-state index contributed by atoms with van der Waals surface area (Å²) in [5.74, 6) is -1.29. The van der Waals surface area contributed by atoms with Crippen LogP contribution in [0.25, 0.3) is 0 Å². The molecule has 2 heterocycles. The van der Waals surface area contributed by atoms with Crippen LogP contribution in [0.5, 0.6) is 0 Å². The van der Waals surface area contributed by atoms with Crippen molar-refractivity contribution in [3.63, 3.8) is 0 Å². The van der Waals surface area contributed by atoms with E-state index in [-0.39, 0.29) is 25.6 Å². The van der Waals surface area contributed by atoms with Gasteiger partial charge >= 0.3 is 5.97 Å². The molecule has 1 atom stereocenters. The third-order valence-corrected chi connectivity index (χ3v) is 5.61. The average Bonchev–Trinajstić information content (AvgIpc) is 3.04. The number of hydrogen-bond donors (Lipinski definition) is 1. The van der Waals surface area contributed by atoms with Crippen molar-refractivity contribution in [2.45, 2.75) is 18.9 Å². The molecule has 1 saturated heterocycles. The number of carboxylic acids is 1. The Morgan fingerprint density at radius 3 is 2.88 bits per heavy atom. The highest BCUT2D eigenvalue weighted by Gasteiger charge is 2.29. The van der Waals surface area contributed by atoms with Gasteiger partial charge in [-0.2, -0.15) is 4.31 Å². The zero-order chi connectivity index (χ0) is 18.4. The molecule has 0 spiro atoms. The molecule has 1 aromatic heterocycles. The zero-order valence-corrected chi connectivity index (χ0v) is 15.5. The van der Waals surface area contributed by atoms with E-state index < -0.39 is 28.6 Å². The van der Waals surface area contributed by atoms with Crippen molar-refractivity contribution in [3.8, 4) is 0 Å². The molecule has 1 unspecified atom stereocenters. The van der Waals surface area contributed by atoms with E-state index in [1.165, 1.54) is 11.3 Å². The van der Waals surface area contributed by atoms with Gasteiger partial charge in [0.2, 0.25) is 15.9 Å². The number of sulfonamides is 1. The summed E-state index contributed by atoms with van der Waals surface area (Å²) < 4.78 is 29.8. The number of carboxylic acid groups (broad SMARTS) is 1. The fraction of sp³-hybridized carbons (Fsp3) is 0.643. The van der Waals surface area contributed by atoms with Crippen LogP contribution in [0.3, 0.4) is 0 Å². The van der Waals surface area contributed by atoms with Crippen molar-refractivity contribution in [1.29, 1.82) is 0 Å². The van der Waals surface area contributed by atoms with Crippen LogP contribution in [0.1, 0.15) is 12.1 Å². The summed E-state index contributed by atoms with van der Waals surface area (Å²) in [6, 6.07) is 0. The Morgan fingerprint density at radius 2 is 2.28 bits per heavy atom. The number of morpholine rings is 1. The number of ether oxygens (including phenoxy) is 1. The minimum atomic E-state index is -3.67. The highest BCUT2D eigenvalue weighted by molar-refractivity contribution is 7.88. The first-order valence-electron chi connectivity index (χ1n) is 7.69. The van der Waals surface area contributed by atoms with Gasteiger partial charge in [-0.15, -0.1) is 11.3 Å². The van der Waals surface area contributed by atoms with Crippen molar-refractivity contribution in [2.75, 3.05) is 39.0 Å². The summed E-state index contributed by atoms with van der Waals surface area (Å²) >= 11 is 1.47. The number of rotatable bonds is 8. The Labute approximate surface area is 150 Å². The third-order valence-electron chi connectivity index (χ3n) is 3.76. The number of carbonyl (C=O) groups is 2. The molecule has 25 heavy (non-hydrogen) atoms. The third kappa shape index (κ3) is 6.34. The number of thiazole rings is 1. The van der Waals surface area contributed by atoms with Gasteiger partial charge in [-0.3, -0.25) is 9.59 Å². The van der Waals surface area contributed by atoms with Gasteiger partial charge in [0.25, 0.3) is 0 Å². The van der Waals surface area contributed by atoms with Crippen LogP contribution in [0.15, 0.2) is 10.9 Å². The van der Waals surface area contributed by atoms with E-state index in [1.807, 2.05) is 5.38 Å². The quantitative estimate of drug-likeness (QED) is 0.643. The summed E-state index contributed by atoms with van der Waals surface area (Å²) in [5, 5.41) is 10.8. The number of carbonyl (C=O) groups excluding carboxylic acids is 1. The van der Waals surface area contributed by atoms with Crippen molar-refractivity contribution in [2.24, 2.45) is 0 Å². The maximum atomic E-state index is 12.3. The molecule has 0 saturated carbocycles. The Hall–Kier alpha value is -1.56. The Morgan fingerprint density at radius 1 is 1.52 bits per heavy atom. The second kappa shape index (κ2) is 8.70. The van der Waals surface area contributed by atoms with Gasteiger partial charge in [-0.05, 0) is 6.42 Å². The molecule has 140 valence electrons. The summed E-state index contributed by atoms with van der Waals surface area (Å²) in [6.45, 7) is 0.237. The predicted octanol–water partition coefficient (Wildman–Crippen LogP) is -0.351. The van der Waals surface area contributed by atoms with E-state index in [0.717, 1.165) is 16.3 Å². The second-order valence-electron chi connectivity index (χ2n) is 5.76. The minimum Gasteiger partial charge on any atom is -0.480 e. The summed E-state index contributed by atoms with van der Waals surface area (Å²) in [5.41, 5.74) is 2.58. The number of nitrogens with zero attached hydrogens (tertiary/aromatic N) is 3. The first-order chi connectivity index (χ1) is 11.8. The standard InChI is InChI=1S/C14H21N3O6S2/c1-25(21,22)17(8-14(19)20)7-12-6-16(4-5-23-12)13(18)3-2-11-9-24-10-15-11/h9-10,12H,2-8H2,1H3,(H,19,20). The lowest BCUT2D eigenvalue weighted by molar-refractivity contribution is -0.141. The molecule has 1 amide bonds. The van der Waals surface area contributed by atoms with Crippen LogP contribution in [-0.2, 0) is 30.8 Å². The largest absolute Gasteiger partial charge is 0.480 e. The van der Waals surface area contributed by atoms with E-state index in [1.54, 1.807) is 10.4 Å². The highest BCUT2D eigenvalue weighted by Crippen LogP contribution is 2.12. The molecule has 2 rings (SSSR count). The van der Waals surface area contributed by atoms with Crippen LogP contribution in [-0.4, -0.2) is 84.7 Å². The van der Waals surface area contributed by atoms with Gasteiger partial charge in [-0.25, -0.2) is 13.4 Å². The molecule has 0 aromatic carbocycles. The van der Waals surface area contributed by atoms with Gasteiger partial charge in [0, 0.05) is 31.4 Å². The summed E-state index contributed by atoms with van der Waals surface area (Å²) in [6.07, 6.45) is 1.28. The number of amides is 1. The molecule has 0 radical (unpaired) electrons. The van der Waals surface area contributed by atoms with Gasteiger partial charge in [0.05, 0.1) is 30.2 Å². The molecule has 0 aliphatic carbocycles. The molecule has 1 aliphatic heterocycles. The number of aromatic nitrogens is 1. The zero-order valence-electron chi connectivity index (χ0n) is 13.8. The van der Waals surface area contributed by atoms with E-state index >= 15 is 0 Å². The predicted molar refractivity (Wildman–Crippen MR) is 90.8 cm³/mol. The van der Waals surface area contributed by atoms with Crippen molar-refractivity contribution >= 4 is 33.2 Å². The lowest BCUT2D eigenvalue weighted by atomic mass is 10.2. The lowest BCUT2D eigenvalue weighted by Gasteiger charge is -2.35. The maximum Gasteiger partial charge on any atom is 0.318 e. The van der Waals surface area contributed by atoms with E-state index in [4.69, 9.17) is 9.84 Å². The monoisotopic (exact) mass is 391 g/mol. The van der Waals surface area contributed by atoms with Crippen LogP contribution in [0.4, 0.5) is 0 Å². The van der Waals surface area contributed by atoms with Gasteiger partial charge in [0.15, 0.2) is 0 Å². The Kier molecular flexibility index (Phi) is 6.87. The van der Waals surface area contributed by atoms with E-state index in [9.17, 15) is 18.0 Å². The minimum absolute atomic E-state index is 0.0505. The van der Waals surface area contributed by atoms with E-state index in [0.29, 0.717) is 19.4 Å². The van der Waals surface area contributed by atoms with Crippen LogP contribution >= 0.6 is 11.3 Å². The molecule has 0 bridgehead atoms. The molecule has 1 aliphatic rings. The smallest absolute Gasteiger partial charge is 0.318 e. The van der Waals surface area contributed by atoms with Gasteiger partial charge in [-0.1, -0.05) is 0 Å². The average molecular weight is 391 g/mol. The molecule has 11 heteroatoms. The number of aryl methyl sites for hydroxylation is 1. The highest BCUT2D eigenvalue weighted by atomic mass is 32.2. The van der Waals surface area contributed by atoms with Crippen molar-refractivity contribution in [1.82, 2.24) is 14.2 Å². The number of aliphatic carboxylic acids is 1. The topological polar surface area (TPSA) is 117 Å². The maximum absolute atomic E-state index is 12.3. The Balaban J connectivity index is 1.90. The molecule has 1 N–H and O–H groups in total.